The highest BCUT2D eigenvalue weighted by Gasteiger charge is 2.14. The minimum absolute atomic E-state index is 0.356. The minimum Gasteiger partial charge on any atom is -0.508 e. The standard InChI is InChI=1S/C25H41NO2/c1-3-5-7-9-11-13-15-17-22-23(18-16-14-12-10-8-6-4-2)25(28-21-26)20-19-24(22)27/h19-20,27H,3-18H2,1-2H3. The highest BCUT2D eigenvalue weighted by molar-refractivity contribution is 5.48. The maximum atomic E-state index is 10.4. The summed E-state index contributed by atoms with van der Waals surface area (Å²) in [5.74, 6) is 0.985. The Morgan fingerprint density at radius 2 is 1.18 bits per heavy atom. The molecule has 0 saturated carbocycles. The van der Waals surface area contributed by atoms with Gasteiger partial charge in [-0.1, -0.05) is 90.9 Å². The second-order valence-electron chi connectivity index (χ2n) is 7.98. The molecule has 0 aliphatic heterocycles. The van der Waals surface area contributed by atoms with Crippen molar-refractivity contribution in [2.75, 3.05) is 0 Å². The second kappa shape index (κ2) is 16.3. The molecule has 3 nitrogen and oxygen atoms in total. The molecular formula is C25H41NO2. The first-order valence-electron chi connectivity index (χ1n) is 11.6. The number of benzene rings is 1. The van der Waals surface area contributed by atoms with Crippen molar-refractivity contribution in [2.24, 2.45) is 0 Å². The van der Waals surface area contributed by atoms with E-state index in [1.54, 1.807) is 12.1 Å². The zero-order valence-corrected chi connectivity index (χ0v) is 18.3. The summed E-state index contributed by atoms with van der Waals surface area (Å²) in [6.07, 6.45) is 21.1. The van der Waals surface area contributed by atoms with Crippen LogP contribution in [-0.2, 0) is 12.8 Å². The van der Waals surface area contributed by atoms with Crippen LogP contribution in [0.3, 0.4) is 0 Å². The van der Waals surface area contributed by atoms with E-state index >= 15 is 0 Å². The number of ether oxygens (including phenoxy) is 1. The molecule has 0 aliphatic carbocycles. The molecule has 158 valence electrons. The molecule has 0 spiro atoms. The van der Waals surface area contributed by atoms with E-state index in [1.807, 2.05) is 6.26 Å². The van der Waals surface area contributed by atoms with Crippen molar-refractivity contribution in [1.82, 2.24) is 0 Å². The molecular weight excluding hydrogens is 346 g/mol. The molecule has 0 bridgehead atoms. The van der Waals surface area contributed by atoms with Gasteiger partial charge in [-0.25, -0.2) is 0 Å². The average Bonchev–Trinajstić information content (AvgIpc) is 2.70. The number of nitriles is 1. The number of phenols is 1. The lowest BCUT2D eigenvalue weighted by Gasteiger charge is -2.15. The van der Waals surface area contributed by atoms with Crippen molar-refractivity contribution < 1.29 is 9.84 Å². The van der Waals surface area contributed by atoms with Crippen molar-refractivity contribution in [1.29, 1.82) is 5.26 Å². The topological polar surface area (TPSA) is 53.2 Å². The third-order valence-corrected chi connectivity index (χ3v) is 5.58. The average molecular weight is 388 g/mol. The first-order valence-corrected chi connectivity index (χ1v) is 11.6. The summed E-state index contributed by atoms with van der Waals surface area (Å²) >= 11 is 0. The molecule has 0 unspecified atom stereocenters. The van der Waals surface area contributed by atoms with Gasteiger partial charge in [0.25, 0.3) is 6.26 Å². The molecule has 0 heterocycles. The fraction of sp³-hybridized carbons (Fsp3) is 0.720. The van der Waals surface area contributed by atoms with Crippen LogP contribution in [0.15, 0.2) is 12.1 Å². The molecule has 1 aromatic carbocycles. The lowest BCUT2D eigenvalue weighted by Crippen LogP contribution is -2.00. The Labute approximate surface area is 173 Å². The molecule has 0 fully saturated rings. The van der Waals surface area contributed by atoms with Crippen LogP contribution in [-0.4, -0.2) is 5.11 Å². The number of phenolic OH excluding ortho intramolecular Hbond substituents is 1. The lowest BCUT2D eigenvalue weighted by atomic mass is 9.94. The Kier molecular flexibility index (Phi) is 14.2. The third-order valence-electron chi connectivity index (χ3n) is 5.58. The zero-order valence-electron chi connectivity index (χ0n) is 18.3. The number of nitrogens with zero attached hydrogens (tertiary/aromatic N) is 1. The largest absolute Gasteiger partial charge is 0.508 e. The fourth-order valence-corrected chi connectivity index (χ4v) is 3.87. The van der Waals surface area contributed by atoms with E-state index in [2.05, 4.69) is 13.8 Å². The van der Waals surface area contributed by atoms with E-state index in [-0.39, 0.29) is 0 Å². The van der Waals surface area contributed by atoms with Gasteiger partial charge in [-0.2, -0.15) is 0 Å². The third kappa shape index (κ3) is 10.0. The smallest absolute Gasteiger partial charge is 0.292 e. The van der Waals surface area contributed by atoms with Gasteiger partial charge in [0.1, 0.15) is 11.5 Å². The Bertz CT molecular complexity index is 562. The van der Waals surface area contributed by atoms with Gasteiger partial charge < -0.3 is 9.84 Å². The molecule has 1 aromatic rings. The lowest BCUT2D eigenvalue weighted by molar-refractivity contribution is 0.455. The van der Waals surface area contributed by atoms with Crippen LogP contribution in [0.25, 0.3) is 0 Å². The molecule has 1 rings (SSSR count). The van der Waals surface area contributed by atoms with Crippen molar-refractivity contribution in [3.8, 4) is 17.8 Å². The van der Waals surface area contributed by atoms with E-state index < -0.39 is 0 Å². The van der Waals surface area contributed by atoms with Crippen molar-refractivity contribution in [3.63, 3.8) is 0 Å². The van der Waals surface area contributed by atoms with Crippen molar-refractivity contribution in [2.45, 2.75) is 117 Å². The summed E-state index contributed by atoms with van der Waals surface area (Å²) in [5.41, 5.74) is 2.04. The van der Waals surface area contributed by atoms with Gasteiger partial charge in [-0.05, 0) is 37.8 Å². The van der Waals surface area contributed by atoms with Gasteiger partial charge >= 0.3 is 0 Å². The number of rotatable bonds is 17. The predicted molar refractivity (Wildman–Crippen MR) is 118 cm³/mol. The Balaban J connectivity index is 2.56. The quantitative estimate of drug-likeness (QED) is 0.219. The van der Waals surface area contributed by atoms with Gasteiger partial charge in [-0.3, -0.25) is 0 Å². The van der Waals surface area contributed by atoms with Crippen LogP contribution in [0.2, 0.25) is 0 Å². The number of unbranched alkanes of at least 4 members (excludes halogenated alkanes) is 12. The molecule has 3 heteroatoms. The summed E-state index contributed by atoms with van der Waals surface area (Å²) in [7, 11) is 0. The van der Waals surface area contributed by atoms with Crippen LogP contribution >= 0.6 is 0 Å². The summed E-state index contributed by atoms with van der Waals surface area (Å²) < 4.78 is 5.21. The Morgan fingerprint density at radius 1 is 0.714 bits per heavy atom. The van der Waals surface area contributed by atoms with E-state index in [0.717, 1.165) is 36.8 Å². The van der Waals surface area contributed by atoms with Crippen LogP contribution in [0.4, 0.5) is 0 Å². The number of hydrogen-bond donors (Lipinski definition) is 1. The fourth-order valence-electron chi connectivity index (χ4n) is 3.87. The molecule has 0 amide bonds. The van der Waals surface area contributed by atoms with Gasteiger partial charge in [0, 0.05) is 11.1 Å². The SMILES string of the molecule is CCCCCCCCCc1c(O)ccc(OC#N)c1CCCCCCCCC. The molecule has 0 aromatic heterocycles. The highest BCUT2D eigenvalue weighted by atomic mass is 16.5. The van der Waals surface area contributed by atoms with Crippen molar-refractivity contribution in [3.05, 3.63) is 23.3 Å². The van der Waals surface area contributed by atoms with Crippen LogP contribution in [0.1, 0.15) is 115 Å². The monoisotopic (exact) mass is 387 g/mol. The summed E-state index contributed by atoms with van der Waals surface area (Å²) in [5, 5.41) is 19.4. The molecule has 1 N–H and O–H groups in total. The van der Waals surface area contributed by atoms with Gasteiger partial charge in [0.2, 0.25) is 0 Å². The van der Waals surface area contributed by atoms with E-state index in [9.17, 15) is 5.11 Å². The summed E-state index contributed by atoms with van der Waals surface area (Å²) in [4.78, 5) is 0. The maximum Gasteiger partial charge on any atom is 0.292 e. The van der Waals surface area contributed by atoms with Crippen LogP contribution < -0.4 is 4.74 Å². The zero-order chi connectivity index (χ0) is 20.5. The number of hydrogen-bond acceptors (Lipinski definition) is 3. The van der Waals surface area contributed by atoms with Crippen LogP contribution in [0, 0.1) is 11.5 Å². The van der Waals surface area contributed by atoms with Gasteiger partial charge in [0.15, 0.2) is 0 Å². The Morgan fingerprint density at radius 3 is 1.68 bits per heavy atom. The van der Waals surface area contributed by atoms with Crippen LogP contribution in [0.5, 0.6) is 11.5 Å². The summed E-state index contributed by atoms with van der Waals surface area (Å²) in [6.45, 7) is 4.48. The molecule has 28 heavy (non-hydrogen) atoms. The van der Waals surface area contributed by atoms with Gasteiger partial charge in [0.05, 0.1) is 0 Å². The minimum atomic E-state index is 0.356. The normalized spacial score (nSPS) is 10.8. The van der Waals surface area contributed by atoms with E-state index in [1.165, 1.54) is 77.0 Å². The highest BCUT2D eigenvalue weighted by Crippen LogP contribution is 2.33. The molecule has 0 atom stereocenters. The maximum absolute atomic E-state index is 10.4. The first kappa shape index (κ1) is 24.3. The first-order chi connectivity index (χ1) is 13.7. The predicted octanol–water partition coefficient (Wildman–Crippen LogP) is 7.84. The number of aromatic hydroxyl groups is 1. The molecule has 0 radical (unpaired) electrons. The molecule has 0 aliphatic rings. The summed E-state index contributed by atoms with van der Waals surface area (Å²) in [6, 6.07) is 3.42. The Hall–Kier alpha value is -1.69. The van der Waals surface area contributed by atoms with Crippen molar-refractivity contribution >= 4 is 0 Å². The second-order valence-corrected chi connectivity index (χ2v) is 7.98. The van der Waals surface area contributed by atoms with Gasteiger partial charge in [-0.15, -0.1) is 5.26 Å². The molecule has 0 saturated heterocycles. The van der Waals surface area contributed by atoms with E-state index in [0.29, 0.717) is 11.5 Å². The van der Waals surface area contributed by atoms with E-state index in [4.69, 9.17) is 10.00 Å².